The van der Waals surface area contributed by atoms with Gasteiger partial charge in [-0.05, 0) is 12.8 Å². The minimum Gasteiger partial charge on any atom is -0.456 e. The van der Waals surface area contributed by atoms with E-state index in [0.717, 1.165) is 12.8 Å². The van der Waals surface area contributed by atoms with Crippen LogP contribution in [0.4, 0.5) is 0 Å². The first-order valence-corrected chi connectivity index (χ1v) is 7.69. The highest BCUT2D eigenvalue weighted by molar-refractivity contribution is 7.81. The Labute approximate surface area is 109 Å². The fourth-order valence-electron chi connectivity index (χ4n) is 3.03. The molecule has 3 saturated heterocycles. The zero-order chi connectivity index (χ0) is 12.9. The summed E-state index contributed by atoms with van der Waals surface area (Å²) >= 11 is -1.28. The third-order valence-corrected chi connectivity index (χ3v) is 5.37. The number of hydrogen-bond donors (Lipinski definition) is 0. The summed E-state index contributed by atoms with van der Waals surface area (Å²) in [4.78, 5) is 11.9. The summed E-state index contributed by atoms with van der Waals surface area (Å²) in [5.41, 5.74) is 0. The Morgan fingerprint density at radius 2 is 2.28 bits per heavy atom. The van der Waals surface area contributed by atoms with Crippen LogP contribution in [-0.2, 0) is 29.5 Å². The van der Waals surface area contributed by atoms with Crippen LogP contribution in [0.2, 0.25) is 0 Å². The van der Waals surface area contributed by atoms with Crippen LogP contribution in [0.5, 0.6) is 0 Å². The lowest BCUT2D eigenvalue weighted by Gasteiger charge is -2.23. The summed E-state index contributed by atoms with van der Waals surface area (Å²) in [5.74, 6) is -0.298. The summed E-state index contributed by atoms with van der Waals surface area (Å²) in [6.45, 7) is 3.91. The third-order valence-electron chi connectivity index (χ3n) is 4.01. The van der Waals surface area contributed by atoms with Crippen LogP contribution >= 0.6 is 0 Å². The topological polar surface area (TPSA) is 61.8 Å². The average Bonchev–Trinajstić information content (AvgIpc) is 2.93. The molecular weight excluding hydrogens is 256 g/mol. The highest BCUT2D eigenvalue weighted by atomic mass is 32.2. The monoisotopic (exact) mass is 274 g/mol. The zero-order valence-electron chi connectivity index (χ0n) is 10.5. The Bertz CT molecular complexity index is 385. The van der Waals surface area contributed by atoms with E-state index in [2.05, 4.69) is 0 Å². The second-order valence-electron chi connectivity index (χ2n) is 5.33. The van der Waals surface area contributed by atoms with Gasteiger partial charge in [0.05, 0.1) is 17.3 Å². The molecule has 0 aromatic heterocycles. The molecule has 2 bridgehead atoms. The van der Waals surface area contributed by atoms with E-state index >= 15 is 0 Å². The molecule has 7 unspecified atom stereocenters. The van der Waals surface area contributed by atoms with Crippen molar-refractivity contribution in [2.45, 2.75) is 62.8 Å². The minimum atomic E-state index is -1.28. The Morgan fingerprint density at radius 1 is 1.50 bits per heavy atom. The predicted molar refractivity (Wildman–Crippen MR) is 64.0 cm³/mol. The first-order valence-electron chi connectivity index (χ1n) is 6.55. The third kappa shape index (κ3) is 1.82. The molecule has 0 spiro atoms. The average molecular weight is 274 g/mol. The number of hydrogen-bond acceptors (Lipinski definition) is 5. The van der Waals surface area contributed by atoms with Gasteiger partial charge in [-0.2, -0.15) is 0 Å². The first kappa shape index (κ1) is 12.6. The van der Waals surface area contributed by atoms with E-state index in [9.17, 15) is 9.00 Å². The summed E-state index contributed by atoms with van der Waals surface area (Å²) in [5, 5.41) is -0.0250. The summed E-state index contributed by atoms with van der Waals surface area (Å²) in [6.07, 6.45) is 1.48. The number of esters is 1. The van der Waals surface area contributed by atoms with Crippen molar-refractivity contribution in [1.82, 2.24) is 0 Å². The molecule has 6 heteroatoms. The van der Waals surface area contributed by atoms with E-state index in [0.29, 0.717) is 6.42 Å². The highest BCUT2D eigenvalue weighted by Crippen LogP contribution is 2.46. The quantitative estimate of drug-likeness (QED) is 0.714. The number of ether oxygens (including phenoxy) is 2. The lowest BCUT2D eigenvalue weighted by Crippen LogP contribution is -2.42. The number of rotatable bonds is 4. The van der Waals surface area contributed by atoms with Crippen molar-refractivity contribution in [3.05, 3.63) is 0 Å². The molecule has 3 heterocycles. The van der Waals surface area contributed by atoms with Gasteiger partial charge in [-0.25, -0.2) is 4.21 Å². The van der Waals surface area contributed by atoms with Gasteiger partial charge in [-0.1, -0.05) is 20.3 Å². The van der Waals surface area contributed by atoms with Crippen molar-refractivity contribution in [2.75, 3.05) is 0 Å². The van der Waals surface area contributed by atoms with Crippen LogP contribution in [0.3, 0.4) is 0 Å². The van der Waals surface area contributed by atoms with E-state index < -0.39 is 11.1 Å². The van der Waals surface area contributed by atoms with Gasteiger partial charge in [-0.15, -0.1) is 0 Å². The molecule has 102 valence electrons. The van der Waals surface area contributed by atoms with Crippen molar-refractivity contribution in [3.63, 3.8) is 0 Å². The minimum absolute atomic E-state index is 0.0250. The van der Waals surface area contributed by atoms with Crippen molar-refractivity contribution in [1.29, 1.82) is 0 Å². The largest absolute Gasteiger partial charge is 0.456 e. The van der Waals surface area contributed by atoms with Gasteiger partial charge in [0.2, 0.25) is 0 Å². The van der Waals surface area contributed by atoms with E-state index in [1.807, 2.05) is 13.8 Å². The SMILES string of the molecule is CCCC(C)C(=O)OC1C2CC3C(O2)C1OS3=O. The standard InChI is InChI=1S/C12H18O5S/c1-3-4-6(2)12(13)16-9-7-5-8-10(15-7)11(9)17-18(8)14/h6-11H,3-5H2,1-2H3. The molecular formula is C12H18O5S. The zero-order valence-corrected chi connectivity index (χ0v) is 11.4. The van der Waals surface area contributed by atoms with Gasteiger partial charge in [0, 0.05) is 0 Å². The van der Waals surface area contributed by atoms with E-state index in [1.54, 1.807) is 0 Å². The number of carbonyl (C=O) groups excluding carboxylic acids is 1. The molecule has 0 aliphatic carbocycles. The molecule has 3 rings (SSSR count). The first-order chi connectivity index (χ1) is 8.61. The molecule has 0 radical (unpaired) electrons. The highest BCUT2D eigenvalue weighted by Gasteiger charge is 2.64. The van der Waals surface area contributed by atoms with E-state index in [-0.39, 0.29) is 41.6 Å². The van der Waals surface area contributed by atoms with Gasteiger partial charge < -0.3 is 9.47 Å². The maximum atomic E-state index is 11.9. The Balaban J connectivity index is 1.65. The lowest BCUT2D eigenvalue weighted by atomic mass is 9.94. The molecule has 18 heavy (non-hydrogen) atoms. The Morgan fingerprint density at radius 3 is 3.00 bits per heavy atom. The fraction of sp³-hybridized carbons (Fsp3) is 0.917. The van der Waals surface area contributed by atoms with Gasteiger partial charge in [-0.3, -0.25) is 8.98 Å². The van der Waals surface area contributed by atoms with Crippen molar-refractivity contribution >= 4 is 17.0 Å². The summed E-state index contributed by atoms with van der Waals surface area (Å²) in [7, 11) is 0. The Hall–Kier alpha value is -0.460. The maximum absolute atomic E-state index is 11.9. The molecule has 5 nitrogen and oxygen atoms in total. The number of carbonyl (C=O) groups is 1. The van der Waals surface area contributed by atoms with Crippen LogP contribution in [0.15, 0.2) is 0 Å². The molecule has 3 fully saturated rings. The van der Waals surface area contributed by atoms with Gasteiger partial charge in [0.15, 0.2) is 17.2 Å². The molecule has 0 saturated carbocycles. The van der Waals surface area contributed by atoms with Crippen LogP contribution < -0.4 is 0 Å². The molecule has 0 N–H and O–H groups in total. The maximum Gasteiger partial charge on any atom is 0.309 e. The number of fused-ring (bicyclic) bond motifs is 1. The van der Waals surface area contributed by atoms with Crippen LogP contribution in [0.1, 0.15) is 33.1 Å². The second-order valence-corrected chi connectivity index (χ2v) is 6.64. The molecule has 3 aliphatic heterocycles. The van der Waals surface area contributed by atoms with Crippen molar-refractivity contribution in [2.24, 2.45) is 5.92 Å². The summed E-state index contributed by atoms with van der Waals surface area (Å²) < 4.78 is 28.2. The predicted octanol–water partition coefficient (Wildman–Crippen LogP) is 0.937. The van der Waals surface area contributed by atoms with Crippen LogP contribution in [-0.4, -0.2) is 39.8 Å². The van der Waals surface area contributed by atoms with Crippen LogP contribution in [0, 0.1) is 5.92 Å². The Kier molecular flexibility index (Phi) is 3.20. The lowest BCUT2D eigenvalue weighted by molar-refractivity contribution is -0.159. The molecule has 0 aromatic carbocycles. The van der Waals surface area contributed by atoms with Crippen molar-refractivity contribution < 1.29 is 22.7 Å². The molecule has 0 aromatic rings. The van der Waals surface area contributed by atoms with Crippen LogP contribution in [0.25, 0.3) is 0 Å². The molecule has 3 aliphatic rings. The normalized spacial score (nSPS) is 46.3. The van der Waals surface area contributed by atoms with Gasteiger partial charge >= 0.3 is 5.97 Å². The molecule has 0 amide bonds. The molecule has 7 atom stereocenters. The van der Waals surface area contributed by atoms with E-state index in [1.165, 1.54) is 0 Å². The van der Waals surface area contributed by atoms with Gasteiger partial charge in [0.25, 0.3) is 0 Å². The fourth-order valence-corrected chi connectivity index (χ4v) is 4.40. The second kappa shape index (κ2) is 4.58. The summed E-state index contributed by atoms with van der Waals surface area (Å²) in [6, 6.07) is 0. The van der Waals surface area contributed by atoms with Gasteiger partial charge in [0.1, 0.15) is 12.2 Å². The smallest absolute Gasteiger partial charge is 0.309 e. The van der Waals surface area contributed by atoms with E-state index in [4.69, 9.17) is 13.7 Å². The van der Waals surface area contributed by atoms with Crippen molar-refractivity contribution in [3.8, 4) is 0 Å².